The Morgan fingerprint density at radius 2 is 2.31 bits per heavy atom. The van der Waals surface area contributed by atoms with E-state index in [2.05, 4.69) is 16.4 Å². The Morgan fingerprint density at radius 1 is 1.44 bits per heavy atom. The van der Waals surface area contributed by atoms with E-state index < -0.39 is 0 Å². The van der Waals surface area contributed by atoms with E-state index in [0.29, 0.717) is 0 Å². The van der Waals surface area contributed by atoms with E-state index in [-0.39, 0.29) is 0 Å². The molecule has 1 aromatic carbocycles. The minimum atomic E-state index is 0.782. The van der Waals surface area contributed by atoms with Gasteiger partial charge in [0.1, 0.15) is 0 Å². The summed E-state index contributed by atoms with van der Waals surface area (Å²) < 4.78 is 0. The SMILES string of the molecule is CNCc1cnc(Cc2cccc(Cl)c2)s1. The average Bonchev–Trinajstić information content (AvgIpc) is 2.66. The van der Waals surface area contributed by atoms with Crippen LogP contribution in [0.2, 0.25) is 5.02 Å². The Kier molecular flexibility index (Phi) is 3.93. The van der Waals surface area contributed by atoms with Crippen LogP contribution in [0.4, 0.5) is 0 Å². The fourth-order valence-electron chi connectivity index (χ4n) is 1.51. The topological polar surface area (TPSA) is 24.9 Å². The molecule has 1 N–H and O–H groups in total. The van der Waals surface area contributed by atoms with Crippen LogP contribution in [0.15, 0.2) is 30.5 Å². The zero-order valence-corrected chi connectivity index (χ0v) is 10.6. The molecule has 1 heterocycles. The van der Waals surface area contributed by atoms with Gasteiger partial charge in [0, 0.05) is 29.1 Å². The van der Waals surface area contributed by atoms with Gasteiger partial charge in [-0.05, 0) is 24.7 Å². The van der Waals surface area contributed by atoms with Gasteiger partial charge in [0.25, 0.3) is 0 Å². The van der Waals surface area contributed by atoms with Crippen LogP contribution in [-0.4, -0.2) is 12.0 Å². The Hall–Kier alpha value is -0.900. The first-order valence-corrected chi connectivity index (χ1v) is 6.30. The van der Waals surface area contributed by atoms with Gasteiger partial charge in [-0.25, -0.2) is 4.98 Å². The number of hydrogen-bond acceptors (Lipinski definition) is 3. The van der Waals surface area contributed by atoms with E-state index in [1.807, 2.05) is 31.4 Å². The lowest BCUT2D eigenvalue weighted by atomic mass is 10.2. The van der Waals surface area contributed by atoms with Crippen molar-refractivity contribution in [3.8, 4) is 0 Å². The van der Waals surface area contributed by atoms with Crippen LogP contribution < -0.4 is 5.32 Å². The van der Waals surface area contributed by atoms with Crippen LogP contribution in [-0.2, 0) is 13.0 Å². The molecule has 0 unspecified atom stereocenters. The van der Waals surface area contributed by atoms with Crippen LogP contribution in [0.25, 0.3) is 0 Å². The van der Waals surface area contributed by atoms with Gasteiger partial charge >= 0.3 is 0 Å². The van der Waals surface area contributed by atoms with Crippen LogP contribution in [0, 0.1) is 0 Å². The molecule has 0 fully saturated rings. The van der Waals surface area contributed by atoms with Crippen molar-refractivity contribution < 1.29 is 0 Å². The van der Waals surface area contributed by atoms with Gasteiger partial charge in [-0.3, -0.25) is 0 Å². The van der Waals surface area contributed by atoms with E-state index in [4.69, 9.17) is 11.6 Å². The summed E-state index contributed by atoms with van der Waals surface area (Å²) in [5.41, 5.74) is 1.21. The second-order valence-corrected chi connectivity index (χ2v) is 5.19. The maximum Gasteiger partial charge on any atom is 0.0972 e. The van der Waals surface area contributed by atoms with E-state index in [9.17, 15) is 0 Å². The second-order valence-electron chi connectivity index (χ2n) is 3.56. The van der Waals surface area contributed by atoms with E-state index >= 15 is 0 Å². The van der Waals surface area contributed by atoms with Crippen molar-refractivity contribution in [2.45, 2.75) is 13.0 Å². The molecule has 0 aliphatic heterocycles. The number of aromatic nitrogens is 1. The minimum Gasteiger partial charge on any atom is -0.315 e. The summed E-state index contributed by atoms with van der Waals surface area (Å²) >= 11 is 7.68. The first-order chi connectivity index (χ1) is 7.78. The third kappa shape index (κ3) is 3.04. The summed E-state index contributed by atoms with van der Waals surface area (Å²) in [6.07, 6.45) is 2.79. The molecular weight excluding hydrogens is 240 g/mol. The molecule has 2 nitrogen and oxygen atoms in total. The lowest BCUT2D eigenvalue weighted by molar-refractivity contribution is 0.829. The Balaban J connectivity index is 2.08. The van der Waals surface area contributed by atoms with E-state index in [1.165, 1.54) is 10.4 Å². The molecular formula is C12H13ClN2S. The largest absolute Gasteiger partial charge is 0.315 e. The van der Waals surface area contributed by atoms with Crippen LogP contribution in [0.1, 0.15) is 15.4 Å². The third-order valence-electron chi connectivity index (χ3n) is 2.20. The highest BCUT2D eigenvalue weighted by atomic mass is 35.5. The number of benzene rings is 1. The average molecular weight is 253 g/mol. The normalized spacial score (nSPS) is 10.6. The standard InChI is InChI=1S/C12H13ClN2S/c1-14-7-11-8-15-12(16-11)6-9-3-2-4-10(13)5-9/h2-5,8,14H,6-7H2,1H3. The second kappa shape index (κ2) is 5.43. The van der Waals surface area contributed by atoms with Crippen molar-refractivity contribution in [2.24, 2.45) is 0 Å². The molecule has 16 heavy (non-hydrogen) atoms. The Bertz CT molecular complexity index is 468. The maximum atomic E-state index is 5.94. The zero-order valence-electron chi connectivity index (χ0n) is 9.03. The number of thiazole rings is 1. The number of hydrogen-bond donors (Lipinski definition) is 1. The molecule has 0 aliphatic rings. The van der Waals surface area contributed by atoms with Gasteiger partial charge < -0.3 is 5.32 Å². The van der Waals surface area contributed by atoms with Gasteiger partial charge in [-0.2, -0.15) is 0 Å². The predicted octanol–water partition coefficient (Wildman–Crippen LogP) is 3.11. The van der Waals surface area contributed by atoms with Crippen molar-refractivity contribution in [1.82, 2.24) is 10.3 Å². The minimum absolute atomic E-state index is 0.782. The number of halogens is 1. The van der Waals surface area contributed by atoms with E-state index in [1.54, 1.807) is 11.3 Å². The smallest absolute Gasteiger partial charge is 0.0972 e. The summed E-state index contributed by atoms with van der Waals surface area (Å²) in [5.74, 6) is 0. The summed E-state index contributed by atoms with van der Waals surface area (Å²) in [4.78, 5) is 5.66. The molecule has 0 saturated carbocycles. The van der Waals surface area contributed by atoms with Crippen molar-refractivity contribution in [3.63, 3.8) is 0 Å². The summed E-state index contributed by atoms with van der Waals surface area (Å²) in [6.45, 7) is 0.882. The number of nitrogens with zero attached hydrogens (tertiary/aromatic N) is 1. The first-order valence-electron chi connectivity index (χ1n) is 5.10. The molecule has 0 aliphatic carbocycles. The van der Waals surface area contributed by atoms with Crippen LogP contribution in [0.5, 0.6) is 0 Å². The van der Waals surface area contributed by atoms with Crippen LogP contribution in [0.3, 0.4) is 0 Å². The first kappa shape index (κ1) is 11.6. The molecule has 2 aromatic rings. The predicted molar refractivity (Wildman–Crippen MR) is 69.1 cm³/mol. The molecule has 0 spiro atoms. The van der Waals surface area contributed by atoms with Gasteiger partial charge in [-0.15, -0.1) is 11.3 Å². The van der Waals surface area contributed by atoms with Crippen LogP contribution >= 0.6 is 22.9 Å². The molecule has 0 bridgehead atoms. The molecule has 4 heteroatoms. The highest BCUT2D eigenvalue weighted by molar-refractivity contribution is 7.11. The quantitative estimate of drug-likeness (QED) is 0.905. The van der Waals surface area contributed by atoms with Gasteiger partial charge in [0.05, 0.1) is 5.01 Å². The molecule has 1 aromatic heterocycles. The molecule has 2 rings (SSSR count). The zero-order chi connectivity index (χ0) is 11.4. The number of rotatable bonds is 4. The summed E-state index contributed by atoms with van der Waals surface area (Å²) in [5, 5.41) is 5.03. The monoisotopic (exact) mass is 252 g/mol. The Labute approximate surface area is 104 Å². The highest BCUT2D eigenvalue weighted by Crippen LogP contribution is 2.18. The van der Waals surface area contributed by atoms with Gasteiger partial charge in [0.2, 0.25) is 0 Å². The fourth-order valence-corrected chi connectivity index (χ4v) is 2.69. The molecule has 0 saturated heterocycles. The number of nitrogens with one attached hydrogen (secondary N) is 1. The van der Waals surface area contributed by atoms with Gasteiger partial charge in [-0.1, -0.05) is 23.7 Å². The van der Waals surface area contributed by atoms with E-state index in [0.717, 1.165) is 23.0 Å². The summed E-state index contributed by atoms with van der Waals surface area (Å²) in [6, 6.07) is 7.92. The lowest BCUT2D eigenvalue weighted by Crippen LogP contribution is -2.02. The molecule has 0 amide bonds. The van der Waals surface area contributed by atoms with Crippen molar-refractivity contribution >= 4 is 22.9 Å². The molecule has 84 valence electrons. The Morgan fingerprint density at radius 3 is 3.06 bits per heavy atom. The maximum absolute atomic E-state index is 5.94. The highest BCUT2D eigenvalue weighted by Gasteiger charge is 2.03. The lowest BCUT2D eigenvalue weighted by Gasteiger charge is -1.98. The van der Waals surface area contributed by atoms with Crippen molar-refractivity contribution in [3.05, 3.63) is 50.9 Å². The fraction of sp³-hybridized carbons (Fsp3) is 0.250. The molecule has 0 atom stereocenters. The molecule has 0 radical (unpaired) electrons. The van der Waals surface area contributed by atoms with Crippen molar-refractivity contribution in [2.75, 3.05) is 7.05 Å². The van der Waals surface area contributed by atoms with Crippen molar-refractivity contribution in [1.29, 1.82) is 0 Å². The summed E-state index contributed by atoms with van der Waals surface area (Å²) in [7, 11) is 1.94. The van der Waals surface area contributed by atoms with Gasteiger partial charge in [0.15, 0.2) is 0 Å². The third-order valence-corrected chi connectivity index (χ3v) is 3.43.